The van der Waals surface area contributed by atoms with Crippen molar-refractivity contribution in [3.05, 3.63) is 17.7 Å². The molecule has 20 heavy (non-hydrogen) atoms. The number of carbonyl (C=O) groups excluding carboxylic acids is 1. The van der Waals surface area contributed by atoms with Gasteiger partial charge >= 0.3 is 5.97 Å². The molecule has 0 aliphatic rings. The summed E-state index contributed by atoms with van der Waals surface area (Å²) in [5.74, 6) is -0.229. The average Bonchev–Trinajstić information content (AvgIpc) is 2.67. The Morgan fingerprint density at radius 3 is 2.45 bits per heavy atom. The summed E-state index contributed by atoms with van der Waals surface area (Å²) in [6, 6.07) is 0.364. The number of aryl methyl sites for hydroxylation is 1. The van der Waals surface area contributed by atoms with Crippen LogP contribution in [0.5, 0.6) is 0 Å². The fourth-order valence-electron chi connectivity index (χ4n) is 2.71. The molecule has 0 amide bonds. The van der Waals surface area contributed by atoms with E-state index in [0.717, 1.165) is 11.4 Å². The summed E-state index contributed by atoms with van der Waals surface area (Å²) in [6.45, 7) is 12.1. The SMILES string of the molecule is COC(=O)C(C)(CC(C)n1cnc(C)c1C)NC(C)C. The number of hydrogen-bond acceptors (Lipinski definition) is 4. The Morgan fingerprint density at radius 2 is 2.05 bits per heavy atom. The molecule has 0 saturated carbocycles. The standard InChI is InChI=1S/C15H27N3O2/c1-10(2)17-15(6,14(19)20-7)8-11(3)18-9-16-12(4)13(18)5/h9-11,17H,8H2,1-7H3. The quantitative estimate of drug-likeness (QED) is 0.813. The molecule has 0 aliphatic heterocycles. The minimum absolute atomic E-state index is 0.159. The van der Waals surface area contributed by atoms with Crippen molar-refractivity contribution in [3.63, 3.8) is 0 Å². The van der Waals surface area contributed by atoms with Crippen LogP contribution in [0.1, 0.15) is 51.5 Å². The average molecular weight is 281 g/mol. The molecule has 0 radical (unpaired) electrons. The van der Waals surface area contributed by atoms with Crippen molar-refractivity contribution in [1.82, 2.24) is 14.9 Å². The van der Waals surface area contributed by atoms with E-state index in [1.165, 1.54) is 7.11 Å². The van der Waals surface area contributed by atoms with Gasteiger partial charge in [-0.15, -0.1) is 0 Å². The van der Waals surface area contributed by atoms with E-state index < -0.39 is 5.54 Å². The lowest BCUT2D eigenvalue weighted by molar-refractivity contribution is -0.149. The van der Waals surface area contributed by atoms with Gasteiger partial charge in [0.05, 0.1) is 19.1 Å². The van der Waals surface area contributed by atoms with E-state index in [-0.39, 0.29) is 18.1 Å². The molecule has 5 nitrogen and oxygen atoms in total. The van der Waals surface area contributed by atoms with Crippen LogP contribution in [-0.4, -0.2) is 34.2 Å². The number of rotatable bonds is 6. The second kappa shape index (κ2) is 6.39. The smallest absolute Gasteiger partial charge is 0.325 e. The molecule has 0 aromatic carbocycles. The highest BCUT2D eigenvalue weighted by Crippen LogP contribution is 2.24. The van der Waals surface area contributed by atoms with E-state index >= 15 is 0 Å². The maximum absolute atomic E-state index is 12.1. The van der Waals surface area contributed by atoms with Gasteiger partial charge in [0.25, 0.3) is 0 Å². The number of ether oxygens (including phenoxy) is 1. The highest BCUT2D eigenvalue weighted by atomic mass is 16.5. The van der Waals surface area contributed by atoms with E-state index in [2.05, 4.69) is 21.8 Å². The monoisotopic (exact) mass is 281 g/mol. The van der Waals surface area contributed by atoms with Gasteiger partial charge in [-0.25, -0.2) is 4.98 Å². The molecule has 1 rings (SSSR count). The van der Waals surface area contributed by atoms with Gasteiger partial charge in [-0.1, -0.05) is 0 Å². The molecule has 0 bridgehead atoms. The zero-order valence-corrected chi connectivity index (χ0v) is 13.7. The summed E-state index contributed by atoms with van der Waals surface area (Å²) >= 11 is 0. The highest BCUT2D eigenvalue weighted by molar-refractivity contribution is 5.80. The summed E-state index contributed by atoms with van der Waals surface area (Å²) in [6.07, 6.45) is 2.48. The molecular formula is C15H27N3O2. The zero-order chi connectivity index (χ0) is 15.5. The minimum Gasteiger partial charge on any atom is -0.468 e. The van der Waals surface area contributed by atoms with Crippen LogP contribution >= 0.6 is 0 Å². The summed E-state index contributed by atoms with van der Waals surface area (Å²) in [5.41, 5.74) is 1.45. The van der Waals surface area contributed by atoms with Crippen molar-refractivity contribution in [1.29, 1.82) is 0 Å². The second-order valence-electron chi connectivity index (χ2n) is 6.00. The van der Waals surface area contributed by atoms with E-state index in [9.17, 15) is 4.79 Å². The predicted molar refractivity (Wildman–Crippen MR) is 79.7 cm³/mol. The van der Waals surface area contributed by atoms with Gasteiger partial charge in [-0.3, -0.25) is 10.1 Å². The molecule has 0 aliphatic carbocycles. The number of imidazole rings is 1. The molecule has 114 valence electrons. The molecule has 5 heteroatoms. The molecule has 1 aromatic rings. The Labute approximate surface area is 121 Å². The third kappa shape index (κ3) is 3.60. The van der Waals surface area contributed by atoms with Crippen LogP contribution in [0.25, 0.3) is 0 Å². The third-order valence-electron chi connectivity index (χ3n) is 3.71. The van der Waals surface area contributed by atoms with Gasteiger partial charge in [0.2, 0.25) is 0 Å². The van der Waals surface area contributed by atoms with Crippen LogP contribution in [0.15, 0.2) is 6.33 Å². The van der Waals surface area contributed by atoms with Crippen LogP contribution in [0.3, 0.4) is 0 Å². The van der Waals surface area contributed by atoms with Crippen molar-refractivity contribution in [2.24, 2.45) is 0 Å². The lowest BCUT2D eigenvalue weighted by atomic mass is 9.92. The van der Waals surface area contributed by atoms with E-state index in [0.29, 0.717) is 6.42 Å². The first-order valence-corrected chi connectivity index (χ1v) is 7.07. The first-order chi connectivity index (χ1) is 9.21. The van der Waals surface area contributed by atoms with Crippen molar-refractivity contribution < 1.29 is 9.53 Å². The number of hydrogen-bond donors (Lipinski definition) is 1. The van der Waals surface area contributed by atoms with Gasteiger partial charge < -0.3 is 9.30 Å². The summed E-state index contributed by atoms with van der Waals surface area (Å²) in [5, 5.41) is 3.33. The maximum atomic E-state index is 12.1. The van der Waals surface area contributed by atoms with Crippen LogP contribution in [0.4, 0.5) is 0 Å². The number of aromatic nitrogens is 2. The molecule has 0 saturated heterocycles. The highest BCUT2D eigenvalue weighted by Gasteiger charge is 2.36. The molecule has 1 N–H and O–H groups in total. The van der Waals surface area contributed by atoms with Crippen LogP contribution in [-0.2, 0) is 9.53 Å². The van der Waals surface area contributed by atoms with Crippen molar-refractivity contribution in [2.75, 3.05) is 7.11 Å². The predicted octanol–water partition coefficient (Wildman–Crippen LogP) is 2.38. The fourth-order valence-corrected chi connectivity index (χ4v) is 2.71. The first kappa shape index (κ1) is 16.7. The Morgan fingerprint density at radius 1 is 1.45 bits per heavy atom. The first-order valence-electron chi connectivity index (χ1n) is 7.07. The van der Waals surface area contributed by atoms with E-state index in [4.69, 9.17) is 4.74 Å². The van der Waals surface area contributed by atoms with E-state index in [1.807, 2.05) is 40.9 Å². The summed E-state index contributed by atoms with van der Waals surface area (Å²) < 4.78 is 7.07. The van der Waals surface area contributed by atoms with E-state index in [1.54, 1.807) is 0 Å². The van der Waals surface area contributed by atoms with Gasteiger partial charge in [0, 0.05) is 17.8 Å². The van der Waals surface area contributed by atoms with Crippen molar-refractivity contribution >= 4 is 5.97 Å². The zero-order valence-electron chi connectivity index (χ0n) is 13.7. The van der Waals surface area contributed by atoms with Gasteiger partial charge in [-0.2, -0.15) is 0 Å². The number of carbonyl (C=O) groups is 1. The molecule has 1 heterocycles. The molecule has 1 aromatic heterocycles. The number of methoxy groups -OCH3 is 1. The lowest BCUT2D eigenvalue weighted by Gasteiger charge is -2.33. The third-order valence-corrected chi connectivity index (χ3v) is 3.71. The topological polar surface area (TPSA) is 56.2 Å². The summed E-state index contributed by atoms with van der Waals surface area (Å²) in [4.78, 5) is 16.4. The lowest BCUT2D eigenvalue weighted by Crippen LogP contribution is -2.54. The molecule has 2 unspecified atom stereocenters. The Bertz CT molecular complexity index is 468. The van der Waals surface area contributed by atoms with Crippen LogP contribution in [0.2, 0.25) is 0 Å². The fraction of sp³-hybridized carbons (Fsp3) is 0.733. The Balaban J connectivity index is 2.95. The number of nitrogens with zero attached hydrogens (tertiary/aromatic N) is 2. The summed E-state index contributed by atoms with van der Waals surface area (Å²) in [7, 11) is 1.43. The van der Waals surface area contributed by atoms with Gasteiger partial charge in [0.1, 0.15) is 5.54 Å². The molecule has 2 atom stereocenters. The normalized spacial score (nSPS) is 16.0. The second-order valence-corrected chi connectivity index (χ2v) is 6.00. The van der Waals surface area contributed by atoms with Crippen molar-refractivity contribution in [3.8, 4) is 0 Å². The molecular weight excluding hydrogens is 254 g/mol. The Hall–Kier alpha value is -1.36. The van der Waals surface area contributed by atoms with Gasteiger partial charge in [-0.05, 0) is 48.0 Å². The van der Waals surface area contributed by atoms with Crippen molar-refractivity contribution in [2.45, 2.75) is 65.6 Å². The number of esters is 1. The van der Waals surface area contributed by atoms with Gasteiger partial charge in [0.15, 0.2) is 0 Å². The molecule has 0 fully saturated rings. The molecule has 0 spiro atoms. The number of nitrogens with one attached hydrogen (secondary N) is 1. The minimum atomic E-state index is -0.701. The van der Waals surface area contributed by atoms with Crippen LogP contribution < -0.4 is 5.32 Å². The van der Waals surface area contributed by atoms with Crippen LogP contribution in [0, 0.1) is 13.8 Å². The largest absolute Gasteiger partial charge is 0.468 e. The Kier molecular flexibility index (Phi) is 5.34. The maximum Gasteiger partial charge on any atom is 0.325 e.